The van der Waals surface area contributed by atoms with Crippen LogP contribution in [-0.4, -0.2) is 37.0 Å². The summed E-state index contributed by atoms with van der Waals surface area (Å²) < 4.78 is 14.6. The number of halogens is 2. The Hall–Kier alpha value is -0.940. The van der Waals surface area contributed by atoms with Crippen LogP contribution in [-0.2, 0) is 0 Å². The zero-order valence-electron chi connectivity index (χ0n) is 12.4. The van der Waals surface area contributed by atoms with Crippen molar-refractivity contribution in [1.82, 2.24) is 10.2 Å². The first kappa shape index (κ1) is 16.4. The topological polar surface area (TPSA) is 32.3 Å². The van der Waals surface area contributed by atoms with Gasteiger partial charge in [0.1, 0.15) is 5.82 Å². The summed E-state index contributed by atoms with van der Waals surface area (Å²) >= 11 is 3.22. The summed E-state index contributed by atoms with van der Waals surface area (Å²) in [6.45, 7) is 5.41. The number of nitrogens with one attached hydrogen (secondary N) is 1. The Balaban J connectivity index is 2.10. The Kier molecular flexibility index (Phi) is 6.18. The number of nitrogens with zero attached hydrogens (tertiary/aromatic N) is 1. The lowest BCUT2D eigenvalue weighted by molar-refractivity contribution is 0.0714. The quantitative estimate of drug-likeness (QED) is 0.876. The monoisotopic (exact) mass is 356 g/mol. The molecule has 0 aromatic heterocycles. The minimum atomic E-state index is -0.461. The standard InChI is InChI=1S/C16H22BrFN2O/c1-2-8-20(11-12-4-3-7-19-10-12)16(21)14-6-5-13(17)9-15(14)18/h5-6,9,12,19H,2-4,7-8,10-11H2,1H3. The molecule has 1 aromatic rings. The van der Waals surface area contributed by atoms with E-state index >= 15 is 0 Å². The second-order valence-electron chi connectivity index (χ2n) is 5.59. The predicted octanol–water partition coefficient (Wildman–Crippen LogP) is 3.44. The molecule has 21 heavy (non-hydrogen) atoms. The SMILES string of the molecule is CCCN(CC1CCCNC1)C(=O)c1ccc(Br)cc1F. The highest BCUT2D eigenvalue weighted by molar-refractivity contribution is 9.10. The van der Waals surface area contributed by atoms with Gasteiger partial charge in [0, 0.05) is 17.6 Å². The van der Waals surface area contributed by atoms with Crippen LogP contribution in [0.3, 0.4) is 0 Å². The van der Waals surface area contributed by atoms with Crippen molar-refractivity contribution in [2.45, 2.75) is 26.2 Å². The minimum Gasteiger partial charge on any atom is -0.338 e. The zero-order chi connectivity index (χ0) is 15.2. The number of carbonyl (C=O) groups is 1. The number of piperidine rings is 1. The van der Waals surface area contributed by atoms with Crippen LogP contribution in [0.5, 0.6) is 0 Å². The maximum absolute atomic E-state index is 14.0. The van der Waals surface area contributed by atoms with E-state index < -0.39 is 5.82 Å². The van der Waals surface area contributed by atoms with Gasteiger partial charge in [0.2, 0.25) is 0 Å². The summed E-state index contributed by atoms with van der Waals surface area (Å²) in [5.74, 6) is -0.197. The third-order valence-electron chi connectivity index (χ3n) is 3.82. The first-order chi connectivity index (χ1) is 10.1. The van der Waals surface area contributed by atoms with E-state index in [-0.39, 0.29) is 11.5 Å². The molecule has 1 heterocycles. The van der Waals surface area contributed by atoms with Gasteiger partial charge in [0.25, 0.3) is 5.91 Å². The summed E-state index contributed by atoms with van der Waals surface area (Å²) in [5.41, 5.74) is 0.162. The first-order valence-corrected chi connectivity index (χ1v) is 8.36. The van der Waals surface area contributed by atoms with Crippen LogP contribution < -0.4 is 5.32 Å². The molecule has 1 saturated heterocycles. The molecule has 116 valence electrons. The Bertz CT molecular complexity index is 489. The zero-order valence-corrected chi connectivity index (χ0v) is 14.0. The Labute approximate surface area is 134 Å². The van der Waals surface area contributed by atoms with E-state index in [0.717, 1.165) is 32.4 Å². The fraction of sp³-hybridized carbons (Fsp3) is 0.562. The molecule has 1 fully saturated rings. The van der Waals surface area contributed by atoms with Crippen molar-refractivity contribution in [3.63, 3.8) is 0 Å². The first-order valence-electron chi connectivity index (χ1n) is 7.57. The van der Waals surface area contributed by atoms with Crippen molar-refractivity contribution >= 4 is 21.8 Å². The molecule has 0 saturated carbocycles. The fourth-order valence-corrected chi connectivity index (χ4v) is 3.10. The van der Waals surface area contributed by atoms with Crippen LogP contribution in [0.25, 0.3) is 0 Å². The van der Waals surface area contributed by atoms with Crippen LogP contribution in [0.15, 0.2) is 22.7 Å². The van der Waals surface area contributed by atoms with Gasteiger partial charge in [0.05, 0.1) is 5.56 Å². The smallest absolute Gasteiger partial charge is 0.256 e. The number of rotatable bonds is 5. The average molecular weight is 357 g/mol. The molecule has 1 aromatic carbocycles. The highest BCUT2D eigenvalue weighted by atomic mass is 79.9. The lowest BCUT2D eigenvalue weighted by Crippen LogP contribution is -2.41. The largest absolute Gasteiger partial charge is 0.338 e. The van der Waals surface area contributed by atoms with Gasteiger partial charge >= 0.3 is 0 Å². The maximum Gasteiger partial charge on any atom is 0.256 e. The lowest BCUT2D eigenvalue weighted by Gasteiger charge is -2.30. The van der Waals surface area contributed by atoms with E-state index in [1.807, 2.05) is 6.92 Å². The summed E-state index contributed by atoms with van der Waals surface area (Å²) in [4.78, 5) is 14.4. The van der Waals surface area contributed by atoms with Gasteiger partial charge in [-0.25, -0.2) is 4.39 Å². The molecule has 3 nitrogen and oxygen atoms in total. The molecule has 2 rings (SSSR count). The molecule has 1 unspecified atom stereocenters. The van der Waals surface area contributed by atoms with E-state index in [2.05, 4.69) is 21.2 Å². The van der Waals surface area contributed by atoms with Crippen molar-refractivity contribution < 1.29 is 9.18 Å². The van der Waals surface area contributed by atoms with Crippen molar-refractivity contribution in [3.05, 3.63) is 34.1 Å². The van der Waals surface area contributed by atoms with Crippen LogP contribution in [0.1, 0.15) is 36.5 Å². The normalized spacial score (nSPS) is 18.5. The van der Waals surface area contributed by atoms with E-state index in [1.54, 1.807) is 17.0 Å². The molecule has 0 bridgehead atoms. The van der Waals surface area contributed by atoms with Gasteiger partial charge in [-0.15, -0.1) is 0 Å². The molecular weight excluding hydrogens is 335 g/mol. The van der Waals surface area contributed by atoms with Gasteiger partial charge in [-0.2, -0.15) is 0 Å². The van der Waals surface area contributed by atoms with Gasteiger partial charge in [-0.3, -0.25) is 4.79 Å². The summed E-state index contributed by atoms with van der Waals surface area (Å²) in [6, 6.07) is 4.62. The minimum absolute atomic E-state index is 0.162. The molecule has 1 amide bonds. The van der Waals surface area contributed by atoms with Crippen LogP contribution in [0.4, 0.5) is 4.39 Å². The predicted molar refractivity (Wildman–Crippen MR) is 85.9 cm³/mol. The van der Waals surface area contributed by atoms with Crippen LogP contribution >= 0.6 is 15.9 Å². The van der Waals surface area contributed by atoms with E-state index in [1.165, 1.54) is 6.07 Å². The van der Waals surface area contributed by atoms with Crippen molar-refractivity contribution in [3.8, 4) is 0 Å². The van der Waals surface area contributed by atoms with E-state index in [0.29, 0.717) is 23.5 Å². The summed E-state index contributed by atoms with van der Waals surface area (Å²) in [7, 11) is 0. The number of hydrogen-bond donors (Lipinski definition) is 1. The van der Waals surface area contributed by atoms with Gasteiger partial charge in [-0.05, 0) is 56.5 Å². The second-order valence-corrected chi connectivity index (χ2v) is 6.50. The summed E-state index contributed by atoms with van der Waals surface area (Å²) in [5, 5.41) is 3.36. The molecular formula is C16H22BrFN2O. The highest BCUT2D eigenvalue weighted by Gasteiger charge is 2.23. The van der Waals surface area contributed by atoms with Crippen molar-refractivity contribution in [2.75, 3.05) is 26.2 Å². The number of amides is 1. The van der Waals surface area contributed by atoms with Crippen molar-refractivity contribution in [1.29, 1.82) is 0 Å². The molecule has 1 aliphatic heterocycles. The molecule has 0 radical (unpaired) electrons. The second kappa shape index (κ2) is 7.90. The average Bonchev–Trinajstić information content (AvgIpc) is 2.47. The summed E-state index contributed by atoms with van der Waals surface area (Å²) in [6.07, 6.45) is 3.15. The van der Waals surface area contributed by atoms with Crippen molar-refractivity contribution in [2.24, 2.45) is 5.92 Å². The van der Waals surface area contributed by atoms with E-state index in [9.17, 15) is 9.18 Å². The Morgan fingerprint density at radius 1 is 1.52 bits per heavy atom. The number of benzene rings is 1. The third-order valence-corrected chi connectivity index (χ3v) is 4.31. The fourth-order valence-electron chi connectivity index (χ4n) is 2.77. The number of hydrogen-bond acceptors (Lipinski definition) is 2. The third kappa shape index (κ3) is 4.51. The van der Waals surface area contributed by atoms with Crippen LogP contribution in [0, 0.1) is 11.7 Å². The molecule has 0 spiro atoms. The maximum atomic E-state index is 14.0. The van der Waals surface area contributed by atoms with E-state index in [4.69, 9.17) is 0 Å². The molecule has 1 N–H and O–H groups in total. The Morgan fingerprint density at radius 2 is 2.33 bits per heavy atom. The van der Waals surface area contributed by atoms with Gasteiger partial charge < -0.3 is 10.2 Å². The molecule has 0 aliphatic carbocycles. The van der Waals surface area contributed by atoms with Gasteiger partial charge in [-0.1, -0.05) is 22.9 Å². The van der Waals surface area contributed by atoms with Crippen LogP contribution in [0.2, 0.25) is 0 Å². The number of carbonyl (C=O) groups excluding carboxylic acids is 1. The Morgan fingerprint density at radius 3 is 2.95 bits per heavy atom. The molecule has 1 atom stereocenters. The molecule has 1 aliphatic rings. The van der Waals surface area contributed by atoms with Gasteiger partial charge in [0.15, 0.2) is 0 Å². The highest BCUT2D eigenvalue weighted by Crippen LogP contribution is 2.19. The molecule has 5 heteroatoms. The lowest BCUT2D eigenvalue weighted by atomic mass is 9.98.